The molecule has 1 aromatic rings. The smallest absolute Gasteiger partial charge is 0.308 e. The molecule has 0 fully saturated rings. The van der Waals surface area contributed by atoms with Crippen molar-refractivity contribution in [2.45, 2.75) is 33.6 Å². The summed E-state index contributed by atoms with van der Waals surface area (Å²) in [4.78, 5) is 10.9. The first-order valence-electron chi connectivity index (χ1n) is 4.79. The van der Waals surface area contributed by atoms with Gasteiger partial charge in [0.1, 0.15) is 5.75 Å². The van der Waals surface area contributed by atoms with E-state index in [-0.39, 0.29) is 5.97 Å². The van der Waals surface area contributed by atoms with Gasteiger partial charge in [-0.15, -0.1) is 0 Å². The summed E-state index contributed by atoms with van der Waals surface area (Å²) in [6.07, 6.45) is 0. The fourth-order valence-electron chi connectivity index (χ4n) is 1.36. The Kier molecular flexibility index (Phi) is 3.28. The molecule has 2 nitrogen and oxygen atoms in total. The van der Waals surface area contributed by atoms with Gasteiger partial charge in [-0.1, -0.05) is 26.0 Å². The molecule has 0 aromatic heterocycles. The molecule has 0 saturated heterocycles. The predicted molar refractivity (Wildman–Crippen MR) is 56.6 cm³/mol. The molecule has 0 aliphatic heterocycles. The van der Waals surface area contributed by atoms with Gasteiger partial charge in [0.15, 0.2) is 0 Å². The molecule has 0 amide bonds. The van der Waals surface area contributed by atoms with Gasteiger partial charge in [-0.2, -0.15) is 0 Å². The third kappa shape index (κ3) is 2.59. The Morgan fingerprint density at radius 1 is 1.36 bits per heavy atom. The molecule has 0 saturated carbocycles. The fourth-order valence-corrected chi connectivity index (χ4v) is 1.36. The predicted octanol–water partition coefficient (Wildman–Crippen LogP) is 3.04. The van der Waals surface area contributed by atoms with Crippen LogP contribution in [-0.4, -0.2) is 5.97 Å². The van der Waals surface area contributed by atoms with Gasteiger partial charge >= 0.3 is 5.97 Å². The lowest BCUT2D eigenvalue weighted by Crippen LogP contribution is -2.05. The summed E-state index contributed by atoms with van der Waals surface area (Å²) in [6.45, 7) is 7.57. The minimum Gasteiger partial charge on any atom is -0.426 e. The van der Waals surface area contributed by atoms with Crippen molar-refractivity contribution in [2.75, 3.05) is 0 Å². The molecule has 0 aliphatic carbocycles. The molecule has 0 aliphatic rings. The SMILES string of the molecule is CC(=O)Oc1cc(C)ccc1C(C)C. The minimum absolute atomic E-state index is 0.266. The van der Waals surface area contributed by atoms with Crippen LogP contribution < -0.4 is 4.74 Å². The van der Waals surface area contributed by atoms with E-state index < -0.39 is 0 Å². The van der Waals surface area contributed by atoms with Crippen molar-refractivity contribution in [3.05, 3.63) is 29.3 Å². The Bertz CT molecular complexity index is 340. The molecule has 0 heterocycles. The largest absolute Gasteiger partial charge is 0.426 e. The maximum Gasteiger partial charge on any atom is 0.308 e. The van der Waals surface area contributed by atoms with Crippen LogP contribution in [0.4, 0.5) is 0 Å². The number of ether oxygens (including phenoxy) is 1. The zero-order chi connectivity index (χ0) is 10.7. The summed E-state index contributed by atoms with van der Waals surface area (Å²) >= 11 is 0. The molecule has 0 N–H and O–H groups in total. The number of benzene rings is 1. The van der Waals surface area contributed by atoms with Crippen molar-refractivity contribution in [3.8, 4) is 5.75 Å². The van der Waals surface area contributed by atoms with Gasteiger partial charge < -0.3 is 4.74 Å². The lowest BCUT2D eigenvalue weighted by atomic mass is 10.0. The molecule has 0 spiro atoms. The van der Waals surface area contributed by atoms with Gasteiger partial charge in [0, 0.05) is 6.92 Å². The summed E-state index contributed by atoms with van der Waals surface area (Å²) in [5.74, 6) is 0.787. The minimum atomic E-state index is -0.266. The standard InChI is InChI=1S/C12H16O2/c1-8(2)11-6-5-9(3)7-12(11)14-10(4)13/h5-8H,1-4H3. The van der Waals surface area contributed by atoms with Gasteiger partial charge in [-0.3, -0.25) is 4.79 Å². The van der Waals surface area contributed by atoms with Crippen LogP contribution in [0.1, 0.15) is 37.8 Å². The first-order chi connectivity index (χ1) is 6.50. The second-order valence-corrected chi connectivity index (χ2v) is 3.79. The van der Waals surface area contributed by atoms with Crippen molar-refractivity contribution in [3.63, 3.8) is 0 Å². The molecule has 0 radical (unpaired) electrons. The maximum atomic E-state index is 10.9. The molecule has 0 atom stereocenters. The van der Waals surface area contributed by atoms with Crippen LogP contribution >= 0.6 is 0 Å². The van der Waals surface area contributed by atoms with E-state index in [0.717, 1.165) is 11.1 Å². The average Bonchev–Trinajstić information content (AvgIpc) is 2.01. The highest BCUT2D eigenvalue weighted by atomic mass is 16.5. The summed E-state index contributed by atoms with van der Waals surface area (Å²) in [6, 6.07) is 5.94. The number of rotatable bonds is 2. The molecular weight excluding hydrogens is 176 g/mol. The van der Waals surface area contributed by atoms with Gasteiger partial charge in [-0.25, -0.2) is 0 Å². The van der Waals surface area contributed by atoms with Crippen LogP contribution in [0.25, 0.3) is 0 Å². The normalized spacial score (nSPS) is 10.4. The van der Waals surface area contributed by atoms with Crippen LogP contribution in [-0.2, 0) is 4.79 Å². The Balaban J connectivity index is 3.09. The molecule has 0 bridgehead atoms. The molecule has 1 rings (SSSR count). The monoisotopic (exact) mass is 192 g/mol. The van der Waals surface area contributed by atoms with Gasteiger partial charge in [0.05, 0.1) is 0 Å². The van der Waals surface area contributed by atoms with E-state index in [4.69, 9.17) is 4.74 Å². The van der Waals surface area contributed by atoms with Gasteiger partial charge in [0.2, 0.25) is 0 Å². The lowest BCUT2D eigenvalue weighted by Gasteiger charge is -2.12. The number of carbonyl (C=O) groups is 1. The fraction of sp³-hybridized carbons (Fsp3) is 0.417. The summed E-state index contributed by atoms with van der Waals surface area (Å²) in [7, 11) is 0. The number of hydrogen-bond donors (Lipinski definition) is 0. The second kappa shape index (κ2) is 4.27. The van der Waals surface area contributed by atoms with Crippen LogP contribution in [0, 0.1) is 6.92 Å². The molecular formula is C12H16O2. The van der Waals surface area contributed by atoms with Crippen LogP contribution in [0.2, 0.25) is 0 Å². The number of hydrogen-bond acceptors (Lipinski definition) is 2. The quantitative estimate of drug-likeness (QED) is 0.531. The topological polar surface area (TPSA) is 26.3 Å². The maximum absolute atomic E-state index is 10.9. The van der Waals surface area contributed by atoms with Crippen LogP contribution in [0.5, 0.6) is 5.75 Å². The van der Waals surface area contributed by atoms with Gasteiger partial charge in [-0.05, 0) is 30.0 Å². The number of aryl methyl sites for hydroxylation is 1. The molecule has 2 heteroatoms. The first-order valence-corrected chi connectivity index (χ1v) is 4.79. The Labute approximate surface area is 84.9 Å². The zero-order valence-electron chi connectivity index (χ0n) is 9.13. The van der Waals surface area contributed by atoms with E-state index in [1.54, 1.807) is 0 Å². The summed E-state index contributed by atoms with van der Waals surface area (Å²) in [5.41, 5.74) is 2.18. The number of carbonyl (C=O) groups excluding carboxylic acids is 1. The third-order valence-corrected chi connectivity index (χ3v) is 2.04. The van der Waals surface area contributed by atoms with E-state index in [1.165, 1.54) is 6.92 Å². The summed E-state index contributed by atoms with van der Waals surface area (Å²) < 4.78 is 5.15. The van der Waals surface area contributed by atoms with Crippen molar-refractivity contribution >= 4 is 5.97 Å². The van der Waals surface area contributed by atoms with Gasteiger partial charge in [0.25, 0.3) is 0 Å². The Morgan fingerprint density at radius 2 is 2.00 bits per heavy atom. The number of esters is 1. The van der Waals surface area contributed by atoms with E-state index >= 15 is 0 Å². The average molecular weight is 192 g/mol. The first kappa shape index (κ1) is 10.8. The Morgan fingerprint density at radius 3 is 2.50 bits per heavy atom. The molecule has 0 unspecified atom stereocenters. The van der Waals surface area contributed by atoms with Crippen LogP contribution in [0.15, 0.2) is 18.2 Å². The van der Waals surface area contributed by atoms with E-state index in [0.29, 0.717) is 11.7 Å². The van der Waals surface area contributed by atoms with E-state index in [1.807, 2.05) is 25.1 Å². The van der Waals surface area contributed by atoms with Crippen molar-refractivity contribution in [1.29, 1.82) is 0 Å². The van der Waals surface area contributed by atoms with Crippen LogP contribution in [0.3, 0.4) is 0 Å². The third-order valence-electron chi connectivity index (χ3n) is 2.04. The zero-order valence-corrected chi connectivity index (χ0v) is 9.13. The molecule has 14 heavy (non-hydrogen) atoms. The highest BCUT2D eigenvalue weighted by Crippen LogP contribution is 2.27. The highest BCUT2D eigenvalue weighted by molar-refractivity contribution is 5.70. The lowest BCUT2D eigenvalue weighted by molar-refractivity contribution is -0.131. The van der Waals surface area contributed by atoms with E-state index in [9.17, 15) is 4.79 Å². The van der Waals surface area contributed by atoms with Crippen molar-refractivity contribution < 1.29 is 9.53 Å². The van der Waals surface area contributed by atoms with Crippen molar-refractivity contribution in [2.24, 2.45) is 0 Å². The second-order valence-electron chi connectivity index (χ2n) is 3.79. The Hall–Kier alpha value is -1.31. The van der Waals surface area contributed by atoms with E-state index in [2.05, 4.69) is 13.8 Å². The summed E-state index contributed by atoms with van der Waals surface area (Å²) in [5, 5.41) is 0. The van der Waals surface area contributed by atoms with Crippen molar-refractivity contribution in [1.82, 2.24) is 0 Å². The molecule has 76 valence electrons. The highest BCUT2D eigenvalue weighted by Gasteiger charge is 2.09. The molecule has 1 aromatic carbocycles.